The maximum absolute atomic E-state index is 12.1. The molecule has 1 amide bonds. The molecular formula is C13H21NO2. The molecule has 0 radical (unpaired) electrons. The van der Waals surface area contributed by atoms with Gasteiger partial charge in [-0.3, -0.25) is 9.59 Å². The molecule has 2 aliphatic carbocycles. The van der Waals surface area contributed by atoms with Crippen molar-refractivity contribution < 1.29 is 9.59 Å². The van der Waals surface area contributed by atoms with Gasteiger partial charge in [-0.2, -0.15) is 0 Å². The molecule has 0 bridgehead atoms. The van der Waals surface area contributed by atoms with Gasteiger partial charge in [0.1, 0.15) is 5.78 Å². The third-order valence-corrected chi connectivity index (χ3v) is 4.13. The summed E-state index contributed by atoms with van der Waals surface area (Å²) in [6, 6.07) is 0.239. The minimum atomic E-state index is -0.137. The number of hydrogen-bond acceptors (Lipinski definition) is 2. The number of carbonyl (C=O) groups excluding carboxylic acids is 2. The van der Waals surface area contributed by atoms with Crippen molar-refractivity contribution in [3.8, 4) is 0 Å². The van der Waals surface area contributed by atoms with Gasteiger partial charge >= 0.3 is 0 Å². The summed E-state index contributed by atoms with van der Waals surface area (Å²) >= 11 is 0. The first-order valence-corrected chi connectivity index (χ1v) is 6.43. The molecule has 90 valence electrons. The number of ketones is 1. The van der Waals surface area contributed by atoms with Gasteiger partial charge in [0.2, 0.25) is 5.91 Å². The topological polar surface area (TPSA) is 46.2 Å². The second-order valence-electron chi connectivity index (χ2n) is 5.55. The first kappa shape index (κ1) is 11.6. The zero-order valence-electron chi connectivity index (χ0n) is 10.1. The molecule has 2 saturated carbocycles. The van der Waals surface area contributed by atoms with E-state index in [1.165, 1.54) is 12.8 Å². The first-order chi connectivity index (χ1) is 7.60. The summed E-state index contributed by atoms with van der Waals surface area (Å²) in [4.78, 5) is 23.2. The summed E-state index contributed by atoms with van der Waals surface area (Å²) in [5, 5.41) is 3.13. The average Bonchev–Trinajstić information content (AvgIpc) is 2.70. The molecule has 3 nitrogen and oxygen atoms in total. The molecule has 0 atom stereocenters. The Hall–Kier alpha value is -0.860. The van der Waals surface area contributed by atoms with Gasteiger partial charge in [-0.15, -0.1) is 0 Å². The fraction of sp³-hybridized carbons (Fsp3) is 0.846. The van der Waals surface area contributed by atoms with Crippen molar-refractivity contribution in [3.05, 3.63) is 0 Å². The van der Waals surface area contributed by atoms with Crippen LogP contribution in [-0.2, 0) is 9.59 Å². The number of amides is 1. The second-order valence-corrected chi connectivity index (χ2v) is 5.55. The standard InChI is InChI=1S/C13H21NO2/c1-13(8-2-3-9-13)12(16)14-10-4-6-11(15)7-5-10/h10H,2-9H2,1H3,(H,14,16). The van der Waals surface area contributed by atoms with Gasteiger partial charge in [-0.1, -0.05) is 19.8 Å². The lowest BCUT2D eigenvalue weighted by molar-refractivity contribution is -0.131. The highest BCUT2D eigenvalue weighted by atomic mass is 16.2. The van der Waals surface area contributed by atoms with Crippen LogP contribution in [0.3, 0.4) is 0 Å². The summed E-state index contributed by atoms with van der Waals surface area (Å²) in [6.45, 7) is 2.07. The van der Waals surface area contributed by atoms with Gasteiger partial charge in [0.25, 0.3) is 0 Å². The van der Waals surface area contributed by atoms with Crippen molar-refractivity contribution in [1.82, 2.24) is 5.32 Å². The third-order valence-electron chi connectivity index (χ3n) is 4.13. The predicted molar refractivity (Wildman–Crippen MR) is 62.0 cm³/mol. The fourth-order valence-electron chi connectivity index (χ4n) is 2.83. The van der Waals surface area contributed by atoms with Gasteiger partial charge in [-0.05, 0) is 25.7 Å². The molecule has 2 aliphatic rings. The normalized spacial score (nSPS) is 25.7. The Morgan fingerprint density at radius 3 is 2.38 bits per heavy atom. The Morgan fingerprint density at radius 1 is 1.25 bits per heavy atom. The molecule has 0 spiro atoms. The molecular weight excluding hydrogens is 202 g/mol. The summed E-state index contributed by atoms with van der Waals surface area (Å²) < 4.78 is 0. The Labute approximate surface area is 97.0 Å². The van der Waals surface area contributed by atoms with Crippen LogP contribution in [0, 0.1) is 5.41 Å². The Balaban J connectivity index is 1.85. The Kier molecular flexibility index (Phi) is 3.31. The van der Waals surface area contributed by atoms with Crippen LogP contribution in [0.25, 0.3) is 0 Å². The summed E-state index contributed by atoms with van der Waals surface area (Å²) in [5.74, 6) is 0.557. The molecule has 0 saturated heterocycles. The molecule has 3 heteroatoms. The maximum Gasteiger partial charge on any atom is 0.226 e. The molecule has 2 fully saturated rings. The highest BCUT2D eigenvalue weighted by molar-refractivity contribution is 5.83. The first-order valence-electron chi connectivity index (χ1n) is 6.43. The number of carbonyl (C=O) groups is 2. The minimum absolute atomic E-state index is 0.137. The monoisotopic (exact) mass is 223 g/mol. The van der Waals surface area contributed by atoms with Crippen LogP contribution in [0.5, 0.6) is 0 Å². The van der Waals surface area contributed by atoms with Crippen molar-refractivity contribution >= 4 is 11.7 Å². The summed E-state index contributed by atoms with van der Waals surface area (Å²) in [7, 11) is 0. The van der Waals surface area contributed by atoms with Crippen molar-refractivity contribution in [1.29, 1.82) is 0 Å². The molecule has 0 heterocycles. The van der Waals surface area contributed by atoms with E-state index in [1.54, 1.807) is 0 Å². The zero-order valence-corrected chi connectivity index (χ0v) is 10.1. The second kappa shape index (κ2) is 4.56. The fourth-order valence-corrected chi connectivity index (χ4v) is 2.83. The number of hydrogen-bond donors (Lipinski definition) is 1. The molecule has 0 aromatic carbocycles. The van der Waals surface area contributed by atoms with Crippen LogP contribution < -0.4 is 5.32 Å². The van der Waals surface area contributed by atoms with Crippen LogP contribution in [0.2, 0.25) is 0 Å². The summed E-state index contributed by atoms with van der Waals surface area (Å²) in [5.41, 5.74) is -0.137. The van der Waals surface area contributed by atoms with E-state index in [-0.39, 0.29) is 17.4 Å². The van der Waals surface area contributed by atoms with E-state index in [0.717, 1.165) is 25.7 Å². The molecule has 0 unspecified atom stereocenters. The van der Waals surface area contributed by atoms with Gasteiger partial charge < -0.3 is 5.32 Å². The van der Waals surface area contributed by atoms with Crippen LogP contribution in [0.1, 0.15) is 58.3 Å². The lowest BCUT2D eigenvalue weighted by Crippen LogP contribution is -2.44. The number of nitrogens with one attached hydrogen (secondary N) is 1. The molecule has 16 heavy (non-hydrogen) atoms. The van der Waals surface area contributed by atoms with Crippen molar-refractivity contribution in [2.45, 2.75) is 64.3 Å². The van der Waals surface area contributed by atoms with E-state index in [4.69, 9.17) is 0 Å². The van der Waals surface area contributed by atoms with Crippen molar-refractivity contribution in [2.75, 3.05) is 0 Å². The van der Waals surface area contributed by atoms with E-state index in [9.17, 15) is 9.59 Å². The predicted octanol–water partition coefficient (Wildman–Crippen LogP) is 2.19. The molecule has 1 N–H and O–H groups in total. The largest absolute Gasteiger partial charge is 0.353 e. The molecule has 0 aromatic heterocycles. The number of rotatable bonds is 2. The van der Waals surface area contributed by atoms with Gasteiger partial charge in [0, 0.05) is 24.3 Å². The van der Waals surface area contributed by atoms with E-state index in [1.807, 2.05) is 0 Å². The van der Waals surface area contributed by atoms with Crippen LogP contribution >= 0.6 is 0 Å². The quantitative estimate of drug-likeness (QED) is 0.780. The highest BCUT2D eigenvalue weighted by Crippen LogP contribution is 2.37. The summed E-state index contributed by atoms with van der Waals surface area (Å²) in [6.07, 6.45) is 7.33. The zero-order chi connectivity index (χ0) is 11.6. The lowest BCUT2D eigenvalue weighted by atomic mass is 9.86. The van der Waals surface area contributed by atoms with E-state index < -0.39 is 0 Å². The average molecular weight is 223 g/mol. The number of Topliss-reactive ketones (excluding diaryl/α,β-unsaturated/α-hetero) is 1. The van der Waals surface area contributed by atoms with E-state index in [2.05, 4.69) is 12.2 Å². The smallest absolute Gasteiger partial charge is 0.226 e. The molecule has 0 aromatic rings. The maximum atomic E-state index is 12.1. The SMILES string of the molecule is CC1(C(=O)NC2CCC(=O)CC2)CCCC1. The van der Waals surface area contributed by atoms with Crippen molar-refractivity contribution in [2.24, 2.45) is 5.41 Å². The molecule has 2 rings (SSSR count). The van der Waals surface area contributed by atoms with Crippen molar-refractivity contribution in [3.63, 3.8) is 0 Å². The van der Waals surface area contributed by atoms with Gasteiger partial charge in [-0.25, -0.2) is 0 Å². The highest BCUT2D eigenvalue weighted by Gasteiger charge is 2.37. The minimum Gasteiger partial charge on any atom is -0.353 e. The lowest BCUT2D eigenvalue weighted by Gasteiger charge is -2.28. The Morgan fingerprint density at radius 2 is 1.81 bits per heavy atom. The van der Waals surface area contributed by atoms with Gasteiger partial charge in [0.15, 0.2) is 0 Å². The van der Waals surface area contributed by atoms with Gasteiger partial charge in [0.05, 0.1) is 0 Å². The van der Waals surface area contributed by atoms with E-state index in [0.29, 0.717) is 18.6 Å². The third kappa shape index (κ3) is 2.45. The molecule has 0 aliphatic heterocycles. The van der Waals surface area contributed by atoms with E-state index >= 15 is 0 Å². The van der Waals surface area contributed by atoms with Crippen LogP contribution in [0.4, 0.5) is 0 Å². The Bertz CT molecular complexity index is 282. The van der Waals surface area contributed by atoms with Crippen LogP contribution in [-0.4, -0.2) is 17.7 Å². The van der Waals surface area contributed by atoms with Crippen LogP contribution in [0.15, 0.2) is 0 Å².